The van der Waals surface area contributed by atoms with E-state index in [4.69, 9.17) is 4.74 Å². The van der Waals surface area contributed by atoms with Crippen LogP contribution in [0.15, 0.2) is 0 Å². The van der Waals surface area contributed by atoms with Gasteiger partial charge < -0.3 is 9.64 Å². The summed E-state index contributed by atoms with van der Waals surface area (Å²) in [5.41, 5.74) is 1.24. The van der Waals surface area contributed by atoms with E-state index in [2.05, 4.69) is 15.2 Å². The van der Waals surface area contributed by atoms with Crippen molar-refractivity contribution in [3.8, 4) is 5.88 Å². The molecule has 8 nitrogen and oxygen atoms in total. The lowest BCUT2D eigenvalue weighted by molar-refractivity contribution is 0.0666. The summed E-state index contributed by atoms with van der Waals surface area (Å²) in [6.07, 6.45) is 1.94. The fourth-order valence-electron chi connectivity index (χ4n) is 3.50. The van der Waals surface area contributed by atoms with Crippen LogP contribution in [0.4, 0.5) is 0 Å². The predicted molar refractivity (Wildman–Crippen MR) is 88.2 cm³/mol. The maximum Gasteiger partial charge on any atom is 0.261 e. The SMILES string of the molecule is COc1c(C(=O)N2CCC[C@H](n3nc(C)nc3C)C2)c(C)nn1C. The fourth-order valence-corrected chi connectivity index (χ4v) is 3.50. The number of piperidine rings is 1. The molecule has 0 radical (unpaired) electrons. The van der Waals surface area contributed by atoms with Gasteiger partial charge in [0.15, 0.2) is 0 Å². The molecule has 0 aliphatic carbocycles. The molecule has 1 atom stereocenters. The maximum absolute atomic E-state index is 13.0. The molecular formula is C16H24N6O2. The number of carbonyl (C=O) groups excluding carboxylic acids is 1. The van der Waals surface area contributed by atoms with Gasteiger partial charge in [-0.3, -0.25) is 4.79 Å². The van der Waals surface area contributed by atoms with Crippen molar-refractivity contribution < 1.29 is 9.53 Å². The highest BCUT2D eigenvalue weighted by atomic mass is 16.5. The van der Waals surface area contributed by atoms with Crippen LogP contribution in [0.5, 0.6) is 5.88 Å². The van der Waals surface area contributed by atoms with Crippen molar-refractivity contribution in [2.75, 3.05) is 20.2 Å². The van der Waals surface area contributed by atoms with Crippen LogP contribution < -0.4 is 4.74 Å². The molecular weight excluding hydrogens is 308 g/mol. The molecule has 1 amide bonds. The molecule has 0 N–H and O–H groups in total. The van der Waals surface area contributed by atoms with Crippen molar-refractivity contribution in [1.29, 1.82) is 0 Å². The summed E-state index contributed by atoms with van der Waals surface area (Å²) in [7, 11) is 3.34. The Kier molecular flexibility index (Phi) is 4.29. The van der Waals surface area contributed by atoms with Crippen LogP contribution >= 0.6 is 0 Å². The van der Waals surface area contributed by atoms with Gasteiger partial charge >= 0.3 is 0 Å². The molecule has 1 fully saturated rings. The highest BCUT2D eigenvalue weighted by Gasteiger charge is 2.31. The minimum absolute atomic E-state index is 0.0309. The maximum atomic E-state index is 13.0. The molecule has 1 aliphatic heterocycles. The van der Waals surface area contributed by atoms with Crippen LogP contribution in [0.25, 0.3) is 0 Å². The van der Waals surface area contributed by atoms with Crippen LogP contribution in [0.1, 0.15) is 46.6 Å². The largest absolute Gasteiger partial charge is 0.481 e. The van der Waals surface area contributed by atoms with E-state index >= 15 is 0 Å². The quantitative estimate of drug-likeness (QED) is 0.849. The topological polar surface area (TPSA) is 78.1 Å². The average molecular weight is 332 g/mol. The van der Waals surface area contributed by atoms with Gasteiger partial charge in [-0.1, -0.05) is 0 Å². The van der Waals surface area contributed by atoms with Crippen LogP contribution in [-0.2, 0) is 7.05 Å². The molecule has 3 heterocycles. The van der Waals surface area contributed by atoms with Gasteiger partial charge in [0.2, 0.25) is 5.88 Å². The molecule has 0 aromatic carbocycles. The third-order valence-corrected chi connectivity index (χ3v) is 4.51. The standard InChI is InChI=1S/C16H24N6O2/c1-10-14(16(24-5)20(4)18-10)15(23)21-8-6-7-13(9-21)22-12(3)17-11(2)19-22/h13H,6-9H2,1-5H3/t13-/m0/s1. The molecule has 8 heteroatoms. The van der Waals surface area contributed by atoms with E-state index in [0.717, 1.165) is 31.0 Å². The summed E-state index contributed by atoms with van der Waals surface area (Å²) < 4.78 is 8.92. The highest BCUT2D eigenvalue weighted by Crippen LogP contribution is 2.27. The second-order valence-electron chi connectivity index (χ2n) is 6.29. The van der Waals surface area contributed by atoms with Crippen LogP contribution in [0.3, 0.4) is 0 Å². The number of aromatic nitrogens is 5. The average Bonchev–Trinajstić information content (AvgIpc) is 3.04. The van der Waals surface area contributed by atoms with Gasteiger partial charge in [-0.25, -0.2) is 14.3 Å². The van der Waals surface area contributed by atoms with Crippen molar-refractivity contribution in [2.24, 2.45) is 7.05 Å². The Balaban J connectivity index is 1.85. The first-order valence-corrected chi connectivity index (χ1v) is 8.19. The Morgan fingerprint density at radius 3 is 2.62 bits per heavy atom. The second-order valence-corrected chi connectivity index (χ2v) is 6.29. The van der Waals surface area contributed by atoms with Gasteiger partial charge in [0.05, 0.1) is 18.8 Å². The highest BCUT2D eigenvalue weighted by molar-refractivity contribution is 5.97. The first-order valence-electron chi connectivity index (χ1n) is 8.19. The first-order chi connectivity index (χ1) is 11.4. The normalized spacial score (nSPS) is 18.0. The van der Waals surface area contributed by atoms with E-state index in [-0.39, 0.29) is 11.9 Å². The molecule has 0 saturated carbocycles. The van der Waals surface area contributed by atoms with Gasteiger partial charge in [-0.2, -0.15) is 10.2 Å². The van der Waals surface area contributed by atoms with Gasteiger partial charge in [-0.05, 0) is 33.6 Å². The lowest BCUT2D eigenvalue weighted by Crippen LogP contribution is -2.41. The minimum Gasteiger partial charge on any atom is -0.481 e. The van der Waals surface area contributed by atoms with E-state index in [9.17, 15) is 4.79 Å². The Labute approximate surface area is 141 Å². The summed E-state index contributed by atoms with van der Waals surface area (Å²) in [6, 6.07) is 0.159. The Morgan fingerprint density at radius 2 is 2.00 bits per heavy atom. The van der Waals surface area contributed by atoms with Gasteiger partial charge in [0.25, 0.3) is 5.91 Å². The lowest BCUT2D eigenvalue weighted by Gasteiger charge is -2.33. The van der Waals surface area contributed by atoms with Gasteiger partial charge in [-0.15, -0.1) is 0 Å². The molecule has 130 valence electrons. The molecule has 2 aromatic rings. The molecule has 24 heavy (non-hydrogen) atoms. The fraction of sp³-hybridized carbons (Fsp3) is 0.625. The molecule has 1 aliphatic rings. The first kappa shape index (κ1) is 16.5. The number of hydrogen-bond donors (Lipinski definition) is 0. The summed E-state index contributed by atoms with van der Waals surface area (Å²) in [4.78, 5) is 19.3. The van der Waals surface area contributed by atoms with Crippen molar-refractivity contribution in [3.05, 3.63) is 22.9 Å². The molecule has 0 spiro atoms. The van der Waals surface area contributed by atoms with E-state index in [1.165, 1.54) is 0 Å². The van der Waals surface area contributed by atoms with Crippen molar-refractivity contribution in [2.45, 2.75) is 39.7 Å². The van der Waals surface area contributed by atoms with E-state index in [1.807, 2.05) is 30.4 Å². The molecule has 3 rings (SSSR count). The van der Waals surface area contributed by atoms with Gasteiger partial charge in [0, 0.05) is 20.1 Å². The number of aryl methyl sites for hydroxylation is 4. The number of likely N-dealkylation sites (tertiary alicyclic amines) is 1. The smallest absolute Gasteiger partial charge is 0.261 e. The van der Waals surface area contributed by atoms with E-state index < -0.39 is 0 Å². The zero-order chi connectivity index (χ0) is 17.4. The second kappa shape index (κ2) is 6.26. The third kappa shape index (κ3) is 2.76. The number of carbonyl (C=O) groups is 1. The number of nitrogens with zero attached hydrogens (tertiary/aromatic N) is 6. The Morgan fingerprint density at radius 1 is 1.25 bits per heavy atom. The zero-order valence-corrected chi connectivity index (χ0v) is 14.9. The lowest BCUT2D eigenvalue weighted by atomic mass is 10.0. The minimum atomic E-state index is -0.0309. The molecule has 1 saturated heterocycles. The number of hydrogen-bond acceptors (Lipinski definition) is 5. The number of methoxy groups -OCH3 is 1. The van der Waals surface area contributed by atoms with E-state index in [0.29, 0.717) is 23.7 Å². The number of amides is 1. The van der Waals surface area contributed by atoms with Crippen molar-refractivity contribution in [1.82, 2.24) is 29.4 Å². The molecule has 2 aromatic heterocycles. The monoisotopic (exact) mass is 332 g/mol. The van der Waals surface area contributed by atoms with Crippen molar-refractivity contribution in [3.63, 3.8) is 0 Å². The van der Waals surface area contributed by atoms with Crippen LogP contribution in [0, 0.1) is 20.8 Å². The van der Waals surface area contributed by atoms with Crippen molar-refractivity contribution >= 4 is 5.91 Å². The summed E-state index contributed by atoms with van der Waals surface area (Å²) in [6.45, 7) is 7.04. The molecule has 0 unspecified atom stereocenters. The zero-order valence-electron chi connectivity index (χ0n) is 14.9. The predicted octanol–water partition coefficient (Wildman–Crippen LogP) is 1.42. The van der Waals surface area contributed by atoms with E-state index in [1.54, 1.807) is 18.8 Å². The Hall–Kier alpha value is -2.38. The Bertz CT molecular complexity index is 763. The molecule has 0 bridgehead atoms. The summed E-state index contributed by atoms with van der Waals surface area (Å²) in [5.74, 6) is 2.13. The number of rotatable bonds is 3. The summed E-state index contributed by atoms with van der Waals surface area (Å²) in [5, 5.41) is 8.79. The summed E-state index contributed by atoms with van der Waals surface area (Å²) >= 11 is 0. The van der Waals surface area contributed by atoms with Crippen LogP contribution in [0.2, 0.25) is 0 Å². The van der Waals surface area contributed by atoms with Gasteiger partial charge in [0.1, 0.15) is 17.2 Å². The van der Waals surface area contributed by atoms with Crippen LogP contribution in [-0.4, -0.2) is 55.6 Å². The number of ether oxygens (including phenoxy) is 1. The third-order valence-electron chi connectivity index (χ3n) is 4.51.